The van der Waals surface area contributed by atoms with Gasteiger partial charge in [0.15, 0.2) is 0 Å². The smallest absolute Gasteiger partial charge is 0.252 e. The third-order valence-corrected chi connectivity index (χ3v) is 8.35. The van der Waals surface area contributed by atoms with Gasteiger partial charge >= 0.3 is 0 Å². The van der Waals surface area contributed by atoms with Gasteiger partial charge in [0, 0.05) is 56.0 Å². The molecule has 0 amide bonds. The Kier molecular flexibility index (Phi) is 6.53. The topological polar surface area (TPSA) is 83.0 Å². The number of nitriles is 1. The minimum absolute atomic E-state index is 0.101. The Morgan fingerprint density at radius 2 is 2.00 bits per heavy atom. The summed E-state index contributed by atoms with van der Waals surface area (Å²) in [5.41, 5.74) is 5.28. The average molecular weight is 508 g/mol. The molecule has 1 saturated heterocycles. The van der Waals surface area contributed by atoms with E-state index in [1.807, 2.05) is 6.07 Å². The van der Waals surface area contributed by atoms with E-state index in [2.05, 4.69) is 46.7 Å². The summed E-state index contributed by atoms with van der Waals surface area (Å²) < 4.78 is 19.3. The lowest BCUT2D eigenvalue weighted by molar-refractivity contribution is 0.0994. The van der Waals surface area contributed by atoms with Gasteiger partial charge in [0.05, 0.1) is 39.2 Å². The molecule has 188 valence electrons. The first-order chi connectivity index (χ1) is 17.4. The summed E-state index contributed by atoms with van der Waals surface area (Å²) in [7, 11) is 1.73. The summed E-state index contributed by atoms with van der Waals surface area (Å²) >= 11 is 1.53. The van der Waals surface area contributed by atoms with E-state index in [9.17, 15) is 4.79 Å². The molecule has 10 heteroatoms. The quantitative estimate of drug-likeness (QED) is 0.384. The van der Waals surface area contributed by atoms with Gasteiger partial charge in [-0.15, -0.1) is 11.3 Å². The zero-order valence-electron chi connectivity index (χ0n) is 21.0. The number of thiazole rings is 1. The lowest BCUT2D eigenvalue weighted by atomic mass is 9.96. The van der Waals surface area contributed by atoms with Crippen molar-refractivity contribution in [2.24, 2.45) is 7.05 Å². The minimum atomic E-state index is -0.220. The molecule has 1 unspecified atom stereocenters. The number of aromatic nitrogens is 4. The van der Waals surface area contributed by atoms with Crippen LogP contribution in [0.2, 0.25) is 0 Å². The highest BCUT2D eigenvalue weighted by Gasteiger charge is 2.37. The molecule has 5 rings (SSSR count). The lowest BCUT2D eigenvalue weighted by Crippen LogP contribution is -2.58. The Labute approximate surface area is 213 Å². The van der Waals surface area contributed by atoms with E-state index >= 15 is 4.39 Å². The van der Waals surface area contributed by atoms with E-state index in [1.54, 1.807) is 40.1 Å². The van der Waals surface area contributed by atoms with E-state index in [4.69, 9.17) is 5.26 Å². The molecule has 0 spiro atoms. The maximum absolute atomic E-state index is 15.1. The first-order valence-corrected chi connectivity index (χ1v) is 13.2. The number of anilines is 1. The highest BCUT2D eigenvalue weighted by molar-refractivity contribution is 7.16. The standard InChI is InChI=1S/C26H30FN7OS/c1-5-17-13-34(22-11-25(35)31(4)23-14-32(8-7-28)30-26(22)23)18(6-2)12-33(17)16(3)19-9-24-21(10-20(19)27)29-15-36-24/h9-11,14-18H,5-6,8,12-13H2,1-4H3/t16?,17-,18+/m1/s1. The molecule has 8 nitrogen and oxygen atoms in total. The normalized spacial score (nSPS) is 19.7. The summed E-state index contributed by atoms with van der Waals surface area (Å²) in [6.45, 7) is 7.94. The number of rotatable bonds is 6. The summed E-state index contributed by atoms with van der Waals surface area (Å²) in [5, 5.41) is 13.8. The van der Waals surface area contributed by atoms with E-state index in [-0.39, 0.29) is 36.0 Å². The molecule has 1 fully saturated rings. The van der Waals surface area contributed by atoms with Crippen LogP contribution in [0.4, 0.5) is 10.1 Å². The fourth-order valence-electron chi connectivity index (χ4n) is 5.46. The van der Waals surface area contributed by atoms with Crippen molar-refractivity contribution in [2.75, 3.05) is 18.0 Å². The molecule has 0 bridgehead atoms. The molecule has 1 aliphatic heterocycles. The van der Waals surface area contributed by atoms with Gasteiger partial charge in [0.25, 0.3) is 5.56 Å². The van der Waals surface area contributed by atoms with E-state index in [0.29, 0.717) is 23.1 Å². The fraction of sp³-hybridized carbons (Fsp3) is 0.462. The SMILES string of the molecule is CC[C@H]1CN(C(C)c2cc3scnc3cc2F)[C@H](CC)CN1c1cc(=O)n(C)c2cn(CC#N)nc12. The third kappa shape index (κ3) is 4.06. The molecule has 0 aliphatic carbocycles. The molecule has 1 aliphatic rings. The predicted molar refractivity (Wildman–Crippen MR) is 141 cm³/mol. The minimum Gasteiger partial charge on any atom is -0.364 e. The maximum Gasteiger partial charge on any atom is 0.252 e. The molecule has 3 aromatic heterocycles. The summed E-state index contributed by atoms with van der Waals surface area (Å²) in [6.07, 6.45) is 3.52. The number of aryl methyl sites for hydroxylation is 1. The Balaban J connectivity index is 1.53. The van der Waals surface area contributed by atoms with Gasteiger partial charge < -0.3 is 9.47 Å². The van der Waals surface area contributed by atoms with Gasteiger partial charge in [-0.3, -0.25) is 14.4 Å². The molecule has 3 atom stereocenters. The maximum atomic E-state index is 15.1. The van der Waals surface area contributed by atoms with Crippen molar-refractivity contribution in [3.05, 3.63) is 51.6 Å². The molecule has 1 aromatic carbocycles. The van der Waals surface area contributed by atoms with Crippen LogP contribution in [0.3, 0.4) is 0 Å². The van der Waals surface area contributed by atoms with Crippen LogP contribution in [0.5, 0.6) is 0 Å². The number of pyridine rings is 1. The molecular weight excluding hydrogens is 477 g/mol. The molecule has 0 radical (unpaired) electrons. The van der Waals surface area contributed by atoms with Gasteiger partial charge in [-0.2, -0.15) is 10.4 Å². The lowest BCUT2D eigenvalue weighted by Gasteiger charge is -2.49. The Hall–Kier alpha value is -3.29. The van der Waals surface area contributed by atoms with E-state index < -0.39 is 0 Å². The number of piperazine rings is 1. The monoisotopic (exact) mass is 507 g/mol. The number of benzene rings is 1. The van der Waals surface area contributed by atoms with Gasteiger partial charge in [-0.1, -0.05) is 13.8 Å². The molecule has 36 heavy (non-hydrogen) atoms. The van der Waals surface area contributed by atoms with Crippen LogP contribution in [0.25, 0.3) is 21.3 Å². The van der Waals surface area contributed by atoms with Crippen LogP contribution in [0.1, 0.15) is 45.2 Å². The fourth-order valence-corrected chi connectivity index (χ4v) is 6.17. The van der Waals surface area contributed by atoms with E-state index in [0.717, 1.165) is 35.3 Å². The van der Waals surface area contributed by atoms with Gasteiger partial charge in [0.2, 0.25) is 0 Å². The van der Waals surface area contributed by atoms with Gasteiger partial charge in [-0.05, 0) is 25.8 Å². The van der Waals surface area contributed by atoms with Crippen LogP contribution in [-0.2, 0) is 13.6 Å². The molecule has 0 N–H and O–H groups in total. The zero-order valence-corrected chi connectivity index (χ0v) is 21.8. The summed E-state index contributed by atoms with van der Waals surface area (Å²) in [4.78, 5) is 21.8. The highest BCUT2D eigenvalue weighted by Crippen LogP contribution is 2.36. The predicted octanol–water partition coefficient (Wildman–Crippen LogP) is 4.45. The molecule has 4 heterocycles. The number of nitrogens with zero attached hydrogens (tertiary/aromatic N) is 7. The summed E-state index contributed by atoms with van der Waals surface area (Å²) in [5.74, 6) is -0.220. The van der Waals surface area contributed by atoms with Crippen LogP contribution >= 0.6 is 11.3 Å². The van der Waals surface area contributed by atoms with Crippen molar-refractivity contribution >= 4 is 38.3 Å². The van der Waals surface area contributed by atoms with Crippen LogP contribution in [0.15, 0.2) is 34.7 Å². The van der Waals surface area contributed by atoms with Crippen molar-refractivity contribution in [1.82, 2.24) is 24.2 Å². The van der Waals surface area contributed by atoms with Crippen molar-refractivity contribution < 1.29 is 4.39 Å². The van der Waals surface area contributed by atoms with Crippen molar-refractivity contribution in [3.8, 4) is 6.07 Å². The highest BCUT2D eigenvalue weighted by atomic mass is 32.1. The Bertz CT molecular complexity index is 1520. The van der Waals surface area contributed by atoms with Crippen LogP contribution in [-0.4, -0.2) is 49.4 Å². The second kappa shape index (κ2) is 9.64. The molecular formula is C26H30FN7OS. The second-order valence-electron chi connectivity index (χ2n) is 9.49. The van der Waals surface area contributed by atoms with Gasteiger partial charge in [-0.25, -0.2) is 9.37 Å². The summed E-state index contributed by atoms with van der Waals surface area (Å²) in [6, 6.07) is 7.46. The number of halogens is 1. The van der Waals surface area contributed by atoms with Gasteiger partial charge in [0.1, 0.15) is 17.9 Å². The first kappa shape index (κ1) is 24.4. The molecule has 4 aromatic rings. The Morgan fingerprint density at radius 3 is 2.72 bits per heavy atom. The average Bonchev–Trinajstić information content (AvgIpc) is 3.51. The van der Waals surface area contributed by atoms with Crippen LogP contribution in [0, 0.1) is 17.1 Å². The number of hydrogen-bond acceptors (Lipinski definition) is 7. The molecule has 0 saturated carbocycles. The number of fused-ring (bicyclic) bond motifs is 2. The third-order valence-electron chi connectivity index (χ3n) is 7.56. The van der Waals surface area contributed by atoms with Crippen molar-refractivity contribution in [2.45, 2.75) is 58.3 Å². The largest absolute Gasteiger partial charge is 0.364 e. The first-order valence-electron chi connectivity index (χ1n) is 12.3. The van der Waals surface area contributed by atoms with E-state index in [1.165, 1.54) is 11.3 Å². The van der Waals surface area contributed by atoms with Crippen LogP contribution < -0.4 is 10.5 Å². The zero-order chi connectivity index (χ0) is 25.6. The Morgan fingerprint density at radius 1 is 1.22 bits per heavy atom. The van der Waals surface area contributed by atoms with Crippen molar-refractivity contribution in [1.29, 1.82) is 5.26 Å². The van der Waals surface area contributed by atoms with Crippen molar-refractivity contribution in [3.63, 3.8) is 0 Å². The second-order valence-corrected chi connectivity index (χ2v) is 10.4. The number of hydrogen-bond donors (Lipinski definition) is 0.